The van der Waals surface area contributed by atoms with Crippen molar-refractivity contribution in [3.05, 3.63) is 12.2 Å². The molecule has 0 radical (unpaired) electrons. The Morgan fingerprint density at radius 3 is 2.30 bits per heavy atom. The first-order valence-corrected chi connectivity index (χ1v) is 10.3. The van der Waals surface area contributed by atoms with Crippen molar-refractivity contribution in [2.24, 2.45) is 0 Å². The number of amides is 1. The van der Waals surface area contributed by atoms with E-state index < -0.39 is 5.67 Å². The molecule has 3 aliphatic heterocycles. The Morgan fingerprint density at radius 2 is 1.67 bits per heavy atom. The van der Waals surface area contributed by atoms with E-state index in [9.17, 15) is 9.18 Å². The van der Waals surface area contributed by atoms with E-state index in [0.29, 0.717) is 19.2 Å². The smallest absolute Gasteiger partial charge is 0.409 e. The molecule has 3 saturated heterocycles. The van der Waals surface area contributed by atoms with Crippen LogP contribution in [0.4, 0.5) is 9.18 Å². The van der Waals surface area contributed by atoms with Crippen molar-refractivity contribution in [3.63, 3.8) is 0 Å². The highest BCUT2D eigenvalue weighted by Crippen LogP contribution is 2.26. The SMILES string of the molecule is COC1CCN(C/C=C/CN2CC(F)(COC(=O)N3CCCCC3)C2)CC1. The largest absolute Gasteiger partial charge is 0.446 e. The van der Waals surface area contributed by atoms with Crippen molar-refractivity contribution >= 4 is 6.09 Å². The molecular weight excluding hydrogens is 349 g/mol. The Morgan fingerprint density at radius 1 is 1.04 bits per heavy atom. The second-order valence-electron chi connectivity index (χ2n) is 8.13. The number of hydrogen-bond donors (Lipinski definition) is 0. The Balaban J connectivity index is 1.26. The molecule has 0 aromatic carbocycles. The molecule has 3 heterocycles. The van der Waals surface area contributed by atoms with E-state index in [1.54, 1.807) is 12.0 Å². The average Bonchev–Trinajstić information content (AvgIpc) is 2.69. The van der Waals surface area contributed by atoms with Gasteiger partial charge in [0, 0.05) is 59.5 Å². The third-order valence-electron chi connectivity index (χ3n) is 5.84. The monoisotopic (exact) mass is 383 g/mol. The second kappa shape index (κ2) is 9.85. The Bertz CT molecular complexity index is 497. The predicted molar refractivity (Wildman–Crippen MR) is 103 cm³/mol. The number of methoxy groups -OCH3 is 1. The molecule has 0 spiro atoms. The van der Waals surface area contributed by atoms with Crippen molar-refractivity contribution in [1.29, 1.82) is 0 Å². The number of ether oxygens (including phenoxy) is 2. The normalized spacial score (nSPS) is 24.9. The zero-order valence-electron chi connectivity index (χ0n) is 16.6. The molecule has 0 aliphatic carbocycles. The van der Waals surface area contributed by atoms with Crippen LogP contribution < -0.4 is 0 Å². The number of hydrogen-bond acceptors (Lipinski definition) is 5. The molecule has 0 saturated carbocycles. The molecular formula is C20H34FN3O3. The van der Waals surface area contributed by atoms with Gasteiger partial charge in [0.25, 0.3) is 0 Å². The molecule has 3 fully saturated rings. The zero-order chi connectivity index (χ0) is 19.1. The van der Waals surface area contributed by atoms with E-state index in [4.69, 9.17) is 9.47 Å². The van der Waals surface area contributed by atoms with E-state index >= 15 is 0 Å². The first kappa shape index (κ1) is 20.6. The topological polar surface area (TPSA) is 45.3 Å². The van der Waals surface area contributed by atoms with Gasteiger partial charge >= 0.3 is 6.09 Å². The van der Waals surface area contributed by atoms with Crippen molar-refractivity contribution in [3.8, 4) is 0 Å². The first-order chi connectivity index (χ1) is 13.1. The summed E-state index contributed by atoms with van der Waals surface area (Å²) in [7, 11) is 1.78. The number of nitrogens with zero attached hydrogens (tertiary/aromatic N) is 3. The van der Waals surface area contributed by atoms with Crippen LogP contribution in [-0.4, -0.2) is 98.6 Å². The second-order valence-corrected chi connectivity index (χ2v) is 8.13. The highest BCUT2D eigenvalue weighted by Gasteiger charge is 2.44. The highest BCUT2D eigenvalue weighted by molar-refractivity contribution is 5.67. The van der Waals surface area contributed by atoms with Gasteiger partial charge in [0.2, 0.25) is 0 Å². The van der Waals surface area contributed by atoms with Crippen LogP contribution in [0.25, 0.3) is 0 Å². The van der Waals surface area contributed by atoms with Gasteiger partial charge in [-0.25, -0.2) is 9.18 Å². The molecule has 0 atom stereocenters. The van der Waals surface area contributed by atoms with E-state index in [1.807, 2.05) is 4.90 Å². The van der Waals surface area contributed by atoms with Gasteiger partial charge in [-0.2, -0.15) is 0 Å². The summed E-state index contributed by atoms with van der Waals surface area (Å²) < 4.78 is 25.2. The minimum atomic E-state index is -1.39. The molecule has 154 valence electrons. The number of halogens is 1. The van der Waals surface area contributed by atoms with Gasteiger partial charge in [-0.1, -0.05) is 12.2 Å². The van der Waals surface area contributed by atoms with E-state index in [2.05, 4.69) is 17.1 Å². The summed E-state index contributed by atoms with van der Waals surface area (Å²) in [5.41, 5.74) is -1.39. The van der Waals surface area contributed by atoms with Gasteiger partial charge in [0.05, 0.1) is 6.10 Å². The lowest BCUT2D eigenvalue weighted by atomic mass is 9.97. The summed E-state index contributed by atoms with van der Waals surface area (Å²) in [5.74, 6) is 0. The van der Waals surface area contributed by atoms with Gasteiger partial charge < -0.3 is 14.4 Å². The molecule has 27 heavy (non-hydrogen) atoms. The number of rotatable bonds is 7. The van der Waals surface area contributed by atoms with Crippen LogP contribution in [0.2, 0.25) is 0 Å². The van der Waals surface area contributed by atoms with Gasteiger partial charge in [-0.15, -0.1) is 0 Å². The lowest BCUT2D eigenvalue weighted by Gasteiger charge is -2.43. The maximum atomic E-state index is 14.6. The van der Waals surface area contributed by atoms with Gasteiger partial charge in [0.15, 0.2) is 5.67 Å². The number of likely N-dealkylation sites (tertiary alicyclic amines) is 3. The number of piperidine rings is 2. The summed E-state index contributed by atoms with van der Waals surface area (Å²) in [5, 5.41) is 0. The molecule has 0 aromatic rings. The molecule has 7 heteroatoms. The minimum Gasteiger partial charge on any atom is -0.446 e. The van der Waals surface area contributed by atoms with E-state index in [-0.39, 0.29) is 12.7 Å². The summed E-state index contributed by atoms with van der Waals surface area (Å²) in [6.45, 7) is 5.85. The fourth-order valence-electron chi connectivity index (χ4n) is 4.11. The van der Waals surface area contributed by atoms with Gasteiger partial charge in [-0.3, -0.25) is 9.80 Å². The van der Waals surface area contributed by atoms with Crippen LogP contribution in [0.15, 0.2) is 12.2 Å². The molecule has 3 rings (SSSR count). The van der Waals surface area contributed by atoms with Crippen LogP contribution >= 0.6 is 0 Å². The molecule has 3 aliphatic rings. The summed E-state index contributed by atoms with van der Waals surface area (Å²) in [4.78, 5) is 18.1. The quantitative estimate of drug-likeness (QED) is 0.632. The van der Waals surface area contributed by atoms with Crippen LogP contribution in [0, 0.1) is 0 Å². The lowest BCUT2D eigenvalue weighted by molar-refractivity contribution is -0.0691. The zero-order valence-corrected chi connectivity index (χ0v) is 16.6. The number of carbonyl (C=O) groups is 1. The number of carbonyl (C=O) groups excluding carboxylic acids is 1. The predicted octanol–water partition coefficient (Wildman–Crippen LogP) is 2.30. The molecule has 1 amide bonds. The summed E-state index contributed by atoms with van der Waals surface area (Å²) in [6, 6.07) is 0. The van der Waals surface area contributed by atoms with Crippen molar-refractivity contribution in [2.45, 2.75) is 43.9 Å². The fraction of sp³-hybridized carbons (Fsp3) is 0.850. The Kier molecular flexibility index (Phi) is 7.49. The minimum absolute atomic E-state index is 0.128. The third kappa shape index (κ3) is 6.16. The van der Waals surface area contributed by atoms with Crippen LogP contribution in [0.3, 0.4) is 0 Å². The van der Waals surface area contributed by atoms with Crippen molar-refractivity contribution < 1.29 is 18.7 Å². The van der Waals surface area contributed by atoms with Gasteiger partial charge in [0.1, 0.15) is 6.61 Å². The Hall–Kier alpha value is -1.18. The summed E-state index contributed by atoms with van der Waals surface area (Å²) in [6.07, 6.45) is 9.71. The molecule has 0 bridgehead atoms. The summed E-state index contributed by atoms with van der Waals surface area (Å²) >= 11 is 0. The van der Waals surface area contributed by atoms with Crippen molar-refractivity contribution in [1.82, 2.24) is 14.7 Å². The highest BCUT2D eigenvalue weighted by atomic mass is 19.1. The molecule has 0 aromatic heterocycles. The average molecular weight is 384 g/mol. The maximum Gasteiger partial charge on any atom is 0.409 e. The third-order valence-corrected chi connectivity index (χ3v) is 5.84. The molecule has 0 unspecified atom stereocenters. The van der Waals surface area contributed by atoms with Crippen LogP contribution in [-0.2, 0) is 9.47 Å². The van der Waals surface area contributed by atoms with E-state index in [0.717, 1.165) is 71.4 Å². The number of alkyl halides is 1. The van der Waals surface area contributed by atoms with E-state index in [1.165, 1.54) is 0 Å². The molecule has 6 nitrogen and oxygen atoms in total. The standard InChI is InChI=1S/C20H34FN3O3/c1-26-18-7-13-22(14-8-18)9-5-6-10-23-15-20(21,16-23)17-27-19(25)24-11-3-2-4-12-24/h5-6,18H,2-4,7-17H2,1H3/b6-5+. The maximum absolute atomic E-state index is 14.6. The van der Waals surface area contributed by atoms with Crippen molar-refractivity contribution in [2.75, 3.05) is 66.1 Å². The first-order valence-electron chi connectivity index (χ1n) is 10.3. The fourth-order valence-corrected chi connectivity index (χ4v) is 4.11. The van der Waals surface area contributed by atoms with Gasteiger partial charge in [-0.05, 0) is 32.1 Å². The Labute approximate surface area is 162 Å². The molecule has 0 N–H and O–H groups in total. The van der Waals surface area contributed by atoms with Crippen LogP contribution in [0.1, 0.15) is 32.1 Å². The lowest BCUT2D eigenvalue weighted by Crippen LogP contribution is -2.61. The van der Waals surface area contributed by atoms with Crippen LogP contribution in [0.5, 0.6) is 0 Å².